The molecular weight excluding hydrogens is 333 g/mol. The van der Waals surface area contributed by atoms with Gasteiger partial charge in [-0.1, -0.05) is 6.92 Å². The number of alkyl halides is 3. The molecule has 138 valence electrons. The molecular formula is C17H23F3N4O. The molecule has 1 aliphatic carbocycles. The molecule has 1 heterocycles. The molecule has 1 aromatic heterocycles. The van der Waals surface area contributed by atoms with Gasteiger partial charge in [-0.25, -0.2) is 4.98 Å². The standard InChI is InChI=1S/C17H23F3N4O/c1-10(2)21-16-23-14(8-7-11(3)17(18,19)20)22-15(24-16)12-5-4-6-13(25)9-12/h9-11H,4-8H2,1-3H3,(H,21,22,23,24)/t11-/m0/s1. The lowest BCUT2D eigenvalue weighted by molar-refractivity contribution is -0.171. The van der Waals surface area contributed by atoms with Crippen molar-refractivity contribution in [3.8, 4) is 0 Å². The van der Waals surface area contributed by atoms with E-state index in [1.807, 2.05) is 13.8 Å². The van der Waals surface area contributed by atoms with Gasteiger partial charge in [0, 0.05) is 24.5 Å². The number of rotatable bonds is 6. The van der Waals surface area contributed by atoms with Gasteiger partial charge in [0.25, 0.3) is 0 Å². The first-order valence-electron chi connectivity index (χ1n) is 8.47. The van der Waals surface area contributed by atoms with E-state index in [4.69, 9.17) is 0 Å². The van der Waals surface area contributed by atoms with Crippen LogP contribution in [0.2, 0.25) is 0 Å². The van der Waals surface area contributed by atoms with Gasteiger partial charge in [-0.05, 0) is 39.2 Å². The molecule has 8 heteroatoms. The third-order valence-corrected chi connectivity index (χ3v) is 3.95. The second-order valence-electron chi connectivity index (χ2n) is 6.67. The van der Waals surface area contributed by atoms with Gasteiger partial charge in [0.1, 0.15) is 5.82 Å². The van der Waals surface area contributed by atoms with Crippen LogP contribution in [0, 0.1) is 5.92 Å². The average Bonchev–Trinajstić information content (AvgIpc) is 2.50. The lowest BCUT2D eigenvalue weighted by Crippen LogP contribution is -2.21. The number of aromatic nitrogens is 3. The van der Waals surface area contributed by atoms with Gasteiger partial charge in [0.05, 0.1) is 5.92 Å². The summed E-state index contributed by atoms with van der Waals surface area (Å²) in [5, 5.41) is 3.06. The summed E-state index contributed by atoms with van der Waals surface area (Å²) in [6.45, 7) is 4.98. The second kappa shape index (κ2) is 7.93. The highest BCUT2D eigenvalue weighted by atomic mass is 19.4. The Labute approximate surface area is 145 Å². The van der Waals surface area contributed by atoms with Gasteiger partial charge in [-0.3, -0.25) is 4.79 Å². The Morgan fingerprint density at radius 3 is 2.48 bits per heavy atom. The van der Waals surface area contributed by atoms with Crippen molar-refractivity contribution < 1.29 is 18.0 Å². The minimum Gasteiger partial charge on any atom is -0.352 e. The zero-order chi connectivity index (χ0) is 18.6. The SMILES string of the molecule is CC(C)Nc1nc(CC[C@H](C)C(F)(F)F)nc(C2=CC(=O)CCC2)n1. The Morgan fingerprint density at radius 2 is 1.88 bits per heavy atom. The highest BCUT2D eigenvalue weighted by Crippen LogP contribution is 2.29. The summed E-state index contributed by atoms with van der Waals surface area (Å²) in [6.07, 6.45) is -0.788. The van der Waals surface area contributed by atoms with Crippen molar-refractivity contribution in [2.75, 3.05) is 5.32 Å². The van der Waals surface area contributed by atoms with Crippen LogP contribution in [0.4, 0.5) is 19.1 Å². The van der Waals surface area contributed by atoms with E-state index in [-0.39, 0.29) is 24.7 Å². The largest absolute Gasteiger partial charge is 0.391 e. The first-order valence-corrected chi connectivity index (χ1v) is 8.47. The zero-order valence-corrected chi connectivity index (χ0v) is 14.7. The lowest BCUT2D eigenvalue weighted by atomic mass is 9.98. The maximum absolute atomic E-state index is 12.7. The summed E-state index contributed by atoms with van der Waals surface area (Å²) in [6, 6.07) is 0.0687. The minimum atomic E-state index is -4.23. The fraction of sp³-hybridized carbons (Fsp3) is 0.647. The van der Waals surface area contributed by atoms with E-state index >= 15 is 0 Å². The third kappa shape index (κ3) is 5.79. The van der Waals surface area contributed by atoms with E-state index in [2.05, 4.69) is 20.3 Å². The Morgan fingerprint density at radius 1 is 1.16 bits per heavy atom. The predicted molar refractivity (Wildman–Crippen MR) is 89.0 cm³/mol. The number of ketones is 1. The summed E-state index contributed by atoms with van der Waals surface area (Å²) in [4.78, 5) is 24.5. The molecule has 1 aliphatic rings. The van der Waals surface area contributed by atoms with Gasteiger partial charge in [0.2, 0.25) is 5.95 Å². The maximum atomic E-state index is 12.7. The second-order valence-corrected chi connectivity index (χ2v) is 6.67. The van der Waals surface area contributed by atoms with Crippen molar-refractivity contribution in [3.05, 3.63) is 17.7 Å². The molecule has 0 amide bonds. The molecule has 1 aromatic rings. The molecule has 0 spiro atoms. The van der Waals surface area contributed by atoms with Gasteiger partial charge in [-0.15, -0.1) is 0 Å². The molecule has 1 N–H and O–H groups in total. The molecule has 0 unspecified atom stereocenters. The molecule has 25 heavy (non-hydrogen) atoms. The molecule has 0 aromatic carbocycles. The van der Waals surface area contributed by atoms with Gasteiger partial charge in [-0.2, -0.15) is 23.1 Å². The minimum absolute atomic E-state index is 0.0206. The number of nitrogens with one attached hydrogen (secondary N) is 1. The van der Waals surface area contributed by atoms with Crippen LogP contribution in [0.15, 0.2) is 6.08 Å². The molecule has 2 rings (SSSR count). The lowest BCUT2D eigenvalue weighted by Gasteiger charge is -2.16. The van der Waals surface area contributed by atoms with Crippen molar-refractivity contribution >= 4 is 17.3 Å². The first-order chi connectivity index (χ1) is 11.6. The average molecular weight is 356 g/mol. The van der Waals surface area contributed by atoms with Gasteiger partial charge >= 0.3 is 6.18 Å². The summed E-state index contributed by atoms with van der Waals surface area (Å²) in [7, 11) is 0. The van der Waals surface area contributed by atoms with E-state index < -0.39 is 12.1 Å². The number of aryl methyl sites for hydroxylation is 1. The van der Waals surface area contributed by atoms with Crippen LogP contribution in [0.3, 0.4) is 0 Å². The van der Waals surface area contributed by atoms with Crippen molar-refractivity contribution in [3.63, 3.8) is 0 Å². The number of hydrogen-bond donors (Lipinski definition) is 1. The highest BCUT2D eigenvalue weighted by molar-refractivity contribution is 5.97. The molecule has 0 aliphatic heterocycles. The number of allylic oxidation sites excluding steroid dienone is 2. The summed E-state index contributed by atoms with van der Waals surface area (Å²) in [5.74, 6) is -0.394. The third-order valence-electron chi connectivity index (χ3n) is 3.95. The number of nitrogens with zero attached hydrogens (tertiary/aromatic N) is 3. The Balaban J connectivity index is 2.26. The summed E-state index contributed by atoms with van der Waals surface area (Å²) in [5.41, 5.74) is 0.718. The van der Waals surface area contributed by atoms with Crippen LogP contribution in [0.25, 0.3) is 5.57 Å². The van der Waals surface area contributed by atoms with E-state index in [1.54, 1.807) is 0 Å². The normalized spacial score (nSPS) is 16.8. The molecule has 0 bridgehead atoms. The number of halogens is 3. The quantitative estimate of drug-likeness (QED) is 0.836. The fourth-order valence-electron chi connectivity index (χ4n) is 2.48. The van der Waals surface area contributed by atoms with Crippen LogP contribution in [0.1, 0.15) is 58.1 Å². The van der Waals surface area contributed by atoms with Crippen LogP contribution < -0.4 is 5.32 Å². The van der Waals surface area contributed by atoms with Crippen LogP contribution in [0.5, 0.6) is 0 Å². The maximum Gasteiger partial charge on any atom is 0.391 e. The molecule has 0 saturated carbocycles. The Kier molecular flexibility index (Phi) is 6.13. The van der Waals surface area contributed by atoms with Gasteiger partial charge in [0.15, 0.2) is 11.6 Å². The summed E-state index contributed by atoms with van der Waals surface area (Å²) < 4.78 is 38.1. The van der Waals surface area contributed by atoms with Crippen LogP contribution in [-0.4, -0.2) is 33.0 Å². The number of carbonyl (C=O) groups is 1. The molecule has 1 atom stereocenters. The first kappa shape index (κ1) is 19.3. The summed E-state index contributed by atoms with van der Waals surface area (Å²) >= 11 is 0. The van der Waals surface area contributed by atoms with Crippen molar-refractivity contribution in [1.82, 2.24) is 15.0 Å². The van der Waals surface area contributed by atoms with Crippen LogP contribution in [-0.2, 0) is 11.2 Å². The topological polar surface area (TPSA) is 67.8 Å². The molecule has 0 fully saturated rings. The Hall–Kier alpha value is -1.99. The van der Waals surface area contributed by atoms with Gasteiger partial charge < -0.3 is 5.32 Å². The van der Waals surface area contributed by atoms with Crippen molar-refractivity contribution in [2.24, 2.45) is 5.92 Å². The smallest absolute Gasteiger partial charge is 0.352 e. The van der Waals surface area contributed by atoms with E-state index in [0.717, 1.165) is 18.9 Å². The van der Waals surface area contributed by atoms with E-state index in [0.29, 0.717) is 30.4 Å². The van der Waals surface area contributed by atoms with Crippen molar-refractivity contribution in [1.29, 1.82) is 0 Å². The van der Waals surface area contributed by atoms with Crippen molar-refractivity contribution in [2.45, 2.75) is 65.1 Å². The van der Waals surface area contributed by atoms with E-state index in [1.165, 1.54) is 6.08 Å². The van der Waals surface area contributed by atoms with Crippen LogP contribution >= 0.6 is 0 Å². The van der Waals surface area contributed by atoms with E-state index in [9.17, 15) is 18.0 Å². The molecule has 0 radical (unpaired) electrons. The Bertz CT molecular complexity index is 656. The number of carbonyl (C=O) groups excluding carboxylic acids is 1. The monoisotopic (exact) mass is 356 g/mol. The zero-order valence-electron chi connectivity index (χ0n) is 14.7. The number of hydrogen-bond acceptors (Lipinski definition) is 5. The highest BCUT2D eigenvalue weighted by Gasteiger charge is 2.35. The predicted octanol–water partition coefficient (Wildman–Crippen LogP) is 3.96. The fourth-order valence-corrected chi connectivity index (χ4v) is 2.48. The molecule has 0 saturated heterocycles. The molecule has 5 nitrogen and oxygen atoms in total. The number of anilines is 1.